The molecule has 1 amide bonds. The molecule has 36 heavy (non-hydrogen) atoms. The van der Waals surface area contributed by atoms with Gasteiger partial charge in [-0.05, 0) is 81.9 Å². The van der Waals surface area contributed by atoms with Gasteiger partial charge in [0, 0.05) is 0 Å². The zero-order valence-electron chi connectivity index (χ0n) is 20.7. The first-order chi connectivity index (χ1) is 17.4. The van der Waals surface area contributed by atoms with Crippen LogP contribution in [0.2, 0.25) is 0 Å². The number of carbonyl (C=O) groups excluding carboxylic acids is 1. The highest BCUT2D eigenvalue weighted by molar-refractivity contribution is 9.10. The fourth-order valence-electron chi connectivity index (χ4n) is 4.02. The lowest BCUT2D eigenvalue weighted by Gasteiger charge is -2.15. The molecule has 0 spiro atoms. The normalized spacial score (nSPS) is 11.1. The Bertz CT molecular complexity index is 1410. The number of aryl methyl sites for hydroxylation is 2. The van der Waals surface area contributed by atoms with Crippen molar-refractivity contribution in [1.82, 2.24) is 5.43 Å². The zero-order valence-corrected chi connectivity index (χ0v) is 22.3. The van der Waals surface area contributed by atoms with Crippen LogP contribution in [0, 0.1) is 13.8 Å². The first kappa shape index (κ1) is 25.5. The summed E-state index contributed by atoms with van der Waals surface area (Å²) < 4.78 is 12.8. The maximum absolute atomic E-state index is 12.4. The van der Waals surface area contributed by atoms with Crippen LogP contribution >= 0.6 is 15.9 Å². The van der Waals surface area contributed by atoms with Crippen LogP contribution in [0.1, 0.15) is 34.7 Å². The number of ether oxygens (including phenoxy) is 2. The molecule has 4 aromatic carbocycles. The van der Waals surface area contributed by atoms with Crippen molar-refractivity contribution in [3.63, 3.8) is 0 Å². The highest BCUT2D eigenvalue weighted by atomic mass is 79.9. The Labute approximate surface area is 220 Å². The molecule has 0 saturated heterocycles. The smallest absolute Gasteiger partial charge is 0.244 e. The highest BCUT2D eigenvalue weighted by Crippen LogP contribution is 2.37. The van der Waals surface area contributed by atoms with E-state index in [1.54, 1.807) is 6.21 Å². The number of nitrogens with zero attached hydrogens (tertiary/aromatic N) is 1. The van der Waals surface area contributed by atoms with Crippen molar-refractivity contribution in [3.05, 3.63) is 105 Å². The van der Waals surface area contributed by atoms with Crippen LogP contribution in [0.3, 0.4) is 0 Å². The van der Waals surface area contributed by atoms with Crippen molar-refractivity contribution in [2.75, 3.05) is 6.61 Å². The molecule has 0 bridgehead atoms. The number of halogens is 1. The maximum atomic E-state index is 12.4. The van der Waals surface area contributed by atoms with E-state index in [1.165, 1.54) is 5.39 Å². The van der Waals surface area contributed by atoms with E-state index in [0.29, 0.717) is 24.7 Å². The van der Waals surface area contributed by atoms with Crippen LogP contribution in [-0.4, -0.2) is 18.7 Å². The topological polar surface area (TPSA) is 59.9 Å². The summed E-state index contributed by atoms with van der Waals surface area (Å²) in [5.74, 6) is 1.07. The first-order valence-corrected chi connectivity index (χ1v) is 12.7. The van der Waals surface area contributed by atoms with E-state index in [4.69, 9.17) is 9.47 Å². The third kappa shape index (κ3) is 6.32. The second-order valence-corrected chi connectivity index (χ2v) is 9.44. The first-order valence-electron chi connectivity index (χ1n) is 11.9. The fourth-order valence-corrected chi connectivity index (χ4v) is 4.59. The van der Waals surface area contributed by atoms with Gasteiger partial charge in [-0.15, -0.1) is 0 Å². The molecule has 0 aliphatic heterocycles. The van der Waals surface area contributed by atoms with Gasteiger partial charge < -0.3 is 9.47 Å². The van der Waals surface area contributed by atoms with Crippen LogP contribution < -0.4 is 14.9 Å². The van der Waals surface area contributed by atoms with Gasteiger partial charge in [0.05, 0.1) is 23.7 Å². The number of hydrogen-bond acceptors (Lipinski definition) is 4. The highest BCUT2D eigenvalue weighted by Gasteiger charge is 2.13. The fraction of sp³-hybridized carbons (Fsp3) is 0.200. The van der Waals surface area contributed by atoms with E-state index in [-0.39, 0.29) is 12.3 Å². The number of fused-ring (bicyclic) bond motifs is 1. The molecule has 0 heterocycles. The van der Waals surface area contributed by atoms with E-state index in [1.807, 2.05) is 69.3 Å². The lowest BCUT2D eigenvalue weighted by Crippen LogP contribution is -2.20. The Morgan fingerprint density at radius 3 is 2.61 bits per heavy atom. The number of amides is 1. The largest absolute Gasteiger partial charge is 0.490 e. The molecule has 0 aliphatic rings. The van der Waals surface area contributed by atoms with Gasteiger partial charge in [0.2, 0.25) is 5.91 Å². The molecule has 0 aliphatic carbocycles. The van der Waals surface area contributed by atoms with Gasteiger partial charge in [-0.2, -0.15) is 5.10 Å². The molecule has 4 rings (SSSR count). The Morgan fingerprint density at radius 2 is 1.78 bits per heavy atom. The Hall–Kier alpha value is -3.64. The number of benzene rings is 4. The van der Waals surface area contributed by atoms with Crippen molar-refractivity contribution in [3.8, 4) is 11.5 Å². The molecule has 0 atom stereocenters. The number of hydrogen-bond donors (Lipinski definition) is 1. The summed E-state index contributed by atoms with van der Waals surface area (Å²) in [6, 6.07) is 24.3. The maximum Gasteiger partial charge on any atom is 0.244 e. The predicted molar refractivity (Wildman–Crippen MR) is 149 cm³/mol. The Balaban J connectivity index is 1.46. The van der Waals surface area contributed by atoms with Gasteiger partial charge in [0.25, 0.3) is 0 Å². The minimum atomic E-state index is -0.168. The van der Waals surface area contributed by atoms with Crippen molar-refractivity contribution in [1.29, 1.82) is 0 Å². The van der Waals surface area contributed by atoms with Gasteiger partial charge in [0.15, 0.2) is 11.5 Å². The molecule has 6 heteroatoms. The summed E-state index contributed by atoms with van der Waals surface area (Å²) in [5.41, 5.74) is 7.70. The SMILES string of the molecule is CCOc1cc(/C=N/NC(=O)Cc2cc(C)ccc2C)cc(Br)c1OCc1cccc2ccccc12. The molecule has 184 valence electrons. The molecule has 0 fully saturated rings. The molecule has 1 N–H and O–H groups in total. The summed E-state index contributed by atoms with van der Waals surface area (Å²) in [6.07, 6.45) is 1.88. The van der Waals surface area contributed by atoms with Gasteiger partial charge in [-0.1, -0.05) is 66.2 Å². The van der Waals surface area contributed by atoms with Gasteiger partial charge in [-0.3, -0.25) is 4.79 Å². The average molecular weight is 545 g/mol. The minimum absolute atomic E-state index is 0.168. The van der Waals surface area contributed by atoms with Crippen LogP contribution in [0.4, 0.5) is 0 Å². The Morgan fingerprint density at radius 1 is 0.972 bits per heavy atom. The molecule has 0 unspecified atom stereocenters. The molecule has 5 nitrogen and oxygen atoms in total. The van der Waals surface area contributed by atoms with Gasteiger partial charge in [-0.25, -0.2) is 5.43 Å². The molecule has 0 saturated carbocycles. The lowest BCUT2D eigenvalue weighted by molar-refractivity contribution is -0.120. The summed E-state index contributed by atoms with van der Waals surface area (Å²) in [5, 5.41) is 6.48. The van der Waals surface area contributed by atoms with Crippen molar-refractivity contribution in [2.24, 2.45) is 5.10 Å². The Kier molecular flexibility index (Phi) is 8.39. The van der Waals surface area contributed by atoms with E-state index < -0.39 is 0 Å². The molecule has 0 radical (unpaired) electrons. The van der Waals surface area contributed by atoms with E-state index in [2.05, 4.69) is 50.7 Å². The third-order valence-electron chi connectivity index (χ3n) is 5.84. The van der Waals surface area contributed by atoms with E-state index in [9.17, 15) is 4.79 Å². The summed E-state index contributed by atoms with van der Waals surface area (Å²) in [6.45, 7) is 6.84. The van der Waals surface area contributed by atoms with Crippen molar-refractivity contribution < 1.29 is 14.3 Å². The van der Waals surface area contributed by atoms with Crippen LogP contribution in [0.15, 0.2) is 82.4 Å². The summed E-state index contributed by atoms with van der Waals surface area (Å²) in [4.78, 5) is 12.4. The second-order valence-electron chi connectivity index (χ2n) is 8.59. The van der Waals surface area contributed by atoms with E-state index in [0.717, 1.165) is 37.7 Å². The monoisotopic (exact) mass is 544 g/mol. The summed E-state index contributed by atoms with van der Waals surface area (Å²) >= 11 is 3.62. The van der Waals surface area contributed by atoms with Gasteiger partial charge in [0.1, 0.15) is 6.61 Å². The number of hydrazone groups is 1. The molecule has 0 aromatic heterocycles. The number of rotatable bonds is 9. The quantitative estimate of drug-likeness (QED) is 0.184. The molecule has 4 aromatic rings. The third-order valence-corrected chi connectivity index (χ3v) is 6.43. The number of nitrogens with one attached hydrogen (secondary N) is 1. The van der Waals surface area contributed by atoms with Gasteiger partial charge >= 0.3 is 0 Å². The minimum Gasteiger partial charge on any atom is -0.490 e. The average Bonchev–Trinajstić information content (AvgIpc) is 2.86. The molecular formula is C30H29BrN2O3. The predicted octanol–water partition coefficient (Wildman–Crippen LogP) is 6.89. The standard InChI is InChI=1S/C30H29BrN2O3/c1-4-35-28-16-22(18-32-33-29(34)17-25-14-20(2)12-13-21(25)3)15-27(31)30(28)36-19-24-10-7-9-23-8-5-6-11-26(23)24/h5-16,18H,4,17,19H2,1-3H3,(H,33,34)/b32-18+. The molecular weight excluding hydrogens is 516 g/mol. The van der Waals surface area contributed by atoms with Crippen LogP contribution in [-0.2, 0) is 17.8 Å². The number of carbonyl (C=O) groups is 1. The van der Waals surface area contributed by atoms with Crippen molar-refractivity contribution in [2.45, 2.75) is 33.8 Å². The zero-order chi connectivity index (χ0) is 25.5. The second kappa shape index (κ2) is 11.9. The lowest BCUT2D eigenvalue weighted by atomic mass is 10.0. The van der Waals surface area contributed by atoms with Crippen molar-refractivity contribution >= 4 is 38.8 Å². The van der Waals surface area contributed by atoms with Crippen LogP contribution in [0.5, 0.6) is 11.5 Å². The van der Waals surface area contributed by atoms with E-state index >= 15 is 0 Å². The summed E-state index contributed by atoms with van der Waals surface area (Å²) in [7, 11) is 0. The van der Waals surface area contributed by atoms with Crippen LogP contribution in [0.25, 0.3) is 10.8 Å².